The van der Waals surface area contributed by atoms with Gasteiger partial charge in [-0.05, 0) is 126 Å². The molecule has 3 N–H and O–H groups in total. The van der Waals surface area contributed by atoms with Crippen LogP contribution in [0.4, 0.5) is 13.2 Å². The topological polar surface area (TPSA) is 279 Å². The fourth-order valence-electron chi connectivity index (χ4n) is 15.4. The molecule has 7 aliphatic rings. The molecule has 1 aromatic rings. The number of fused-ring (bicyclic) bond motifs is 2. The van der Waals surface area contributed by atoms with Gasteiger partial charge in [0.1, 0.15) is 59.9 Å². The van der Waals surface area contributed by atoms with Gasteiger partial charge in [-0.3, -0.25) is 57.5 Å². The summed E-state index contributed by atoms with van der Waals surface area (Å²) in [4.78, 5) is 192. The second kappa shape index (κ2) is 34.5. The van der Waals surface area contributed by atoms with Crippen molar-refractivity contribution in [1.29, 1.82) is 0 Å². The molecule has 8 rings (SSSR count). The Morgan fingerprint density at radius 2 is 1.30 bits per heavy atom. The molecule has 25 nitrogen and oxygen atoms in total. The Labute approximate surface area is 597 Å². The summed E-state index contributed by atoms with van der Waals surface area (Å²) in [7, 11) is 8.52. The Hall–Kier alpha value is -7.10. The lowest BCUT2D eigenvalue weighted by Crippen LogP contribution is -2.65. The molecular formula is C72H108ClF3N12O13. The highest BCUT2D eigenvalue weighted by Gasteiger charge is 2.52. The zero-order valence-corrected chi connectivity index (χ0v) is 61.6. The van der Waals surface area contributed by atoms with E-state index in [0.29, 0.717) is 70.0 Å². The molecule has 0 radical (unpaired) electrons. The van der Waals surface area contributed by atoms with Gasteiger partial charge in [0.25, 0.3) is 0 Å². The minimum Gasteiger partial charge on any atom is -0.376 e. The highest BCUT2D eigenvalue weighted by molar-refractivity contribution is 6.31. The first-order chi connectivity index (χ1) is 47.7. The number of nitrogens with zero attached hydrogens (tertiary/aromatic N) is 9. The van der Waals surface area contributed by atoms with E-state index >= 15 is 24.0 Å². The molecule has 0 aromatic heterocycles. The van der Waals surface area contributed by atoms with Crippen molar-refractivity contribution in [3.8, 4) is 0 Å². The van der Waals surface area contributed by atoms with E-state index in [-0.39, 0.29) is 76.7 Å². The first kappa shape index (κ1) is 79.6. The number of hydrogen-bond acceptors (Lipinski definition) is 13. The number of aryl methyl sites for hydroxylation is 1. The number of hydrogen-bond donors (Lipinski definition) is 3. The molecule has 1 aromatic carbocycles. The molecule has 7 fully saturated rings. The monoisotopic (exact) mass is 1440 g/mol. The van der Waals surface area contributed by atoms with E-state index in [4.69, 9.17) is 16.3 Å². The first-order valence-corrected chi connectivity index (χ1v) is 37.0. The number of likely N-dealkylation sites (tertiary alicyclic amines) is 1. The molecule has 0 unspecified atom stereocenters. The van der Waals surface area contributed by atoms with E-state index in [0.717, 1.165) is 60.5 Å². The number of likely N-dealkylation sites (N-methyl/N-ethyl adjacent to an activating group) is 6. The summed E-state index contributed by atoms with van der Waals surface area (Å²) in [6.45, 7) is 8.52. The third-order valence-electron chi connectivity index (χ3n) is 22.5. The van der Waals surface area contributed by atoms with Crippen LogP contribution in [0.15, 0.2) is 18.2 Å². The maximum atomic E-state index is 15.5. The number of piperidine rings is 1. The predicted molar refractivity (Wildman–Crippen MR) is 368 cm³/mol. The zero-order valence-electron chi connectivity index (χ0n) is 60.9. The number of ether oxygens (including phenoxy) is 1. The van der Waals surface area contributed by atoms with Crippen molar-refractivity contribution < 1.29 is 75.4 Å². The molecule has 10 atom stereocenters. The summed E-state index contributed by atoms with van der Waals surface area (Å²) in [5.41, 5.74) is -2.36. The van der Waals surface area contributed by atoms with Crippen molar-refractivity contribution in [2.24, 2.45) is 17.8 Å². The Morgan fingerprint density at radius 3 is 1.89 bits per heavy atom. The molecule has 0 bridgehead atoms. The van der Waals surface area contributed by atoms with Gasteiger partial charge in [0.2, 0.25) is 70.9 Å². The second-order valence-electron chi connectivity index (χ2n) is 29.9. The summed E-state index contributed by atoms with van der Waals surface area (Å²) >= 11 is 6.16. The number of nitrogens with one attached hydrogen (secondary N) is 3. The standard InChI is InChI=1S/C72H108ClF3N12O13/c1-12-44(4)59-68(98)81(7)45(5)63(93)88-37-31-53(88)66(96)83(9)54(39-46-22-15-13-16-23-46)65(95)80(6)41-57(89)77-51(30-26-47-25-29-49(50(73)38-47)72(74,75)76)64(94)87-36-21-24-52(87)62(92)79-71(32-17-18-33-71)70(100)85(11)60(43(2)3)69(99)84(10)55(67(97)86-34-19-14-20-35-86)40-58(90)82(8)56(61(91)78-59)42-101-48-27-28-48/h25,29,38,43-46,48,51-56,59-60H,12-24,26-28,30-37,39-42H2,1-11H3,(H,77,89)(H,78,91)(H,79,92)/t44-,45-,51-,52-,53-,54-,55-,56-,59-,60-/m0/s1. The van der Waals surface area contributed by atoms with E-state index in [1.54, 1.807) is 25.7 Å². The normalized spacial score (nSPS) is 28.3. The highest BCUT2D eigenvalue weighted by Crippen LogP contribution is 2.38. The number of alkyl halides is 3. The van der Waals surface area contributed by atoms with Crippen molar-refractivity contribution in [2.75, 3.05) is 81.6 Å². The van der Waals surface area contributed by atoms with Crippen LogP contribution in [0.3, 0.4) is 0 Å². The van der Waals surface area contributed by atoms with Gasteiger partial charge in [-0.1, -0.05) is 96.7 Å². The van der Waals surface area contributed by atoms with Gasteiger partial charge in [0, 0.05) is 68.5 Å². The molecule has 3 saturated carbocycles. The van der Waals surface area contributed by atoms with Crippen LogP contribution in [0, 0.1) is 17.8 Å². The van der Waals surface area contributed by atoms with Gasteiger partial charge in [0.05, 0.1) is 36.3 Å². The van der Waals surface area contributed by atoms with Gasteiger partial charge in [0.15, 0.2) is 0 Å². The quantitative estimate of drug-likeness (QED) is 0.244. The van der Waals surface area contributed by atoms with Gasteiger partial charge >= 0.3 is 6.18 Å². The van der Waals surface area contributed by atoms with Crippen LogP contribution >= 0.6 is 11.6 Å². The third kappa shape index (κ3) is 18.8. The SMILES string of the molecule is CC[C@H](C)[C@@H]1NC(=O)[C@H](COC2CC2)N(C)C(=O)C[C@@H](C(=O)N2CCCCC2)N(C)C(=O)[C@H](C(C)C)N(C)C(=O)C2(CCCC2)NC(=O)[C@@H]2CCCN2C(=O)[C@H](CCc2ccc(C(F)(F)F)c(Cl)c2)NC(=O)CN(C)C(=O)[C@H](CC2CCCCC2)N(C)C(=O)[C@@H]2CCN2C(=O)[C@H](C)N(C)C1=O. The summed E-state index contributed by atoms with van der Waals surface area (Å²) in [6.07, 6.45) is 4.74. The molecule has 4 heterocycles. The average Bonchev–Trinajstić information content (AvgIpc) is 1.75. The summed E-state index contributed by atoms with van der Waals surface area (Å²) in [5, 5.41) is 8.11. The van der Waals surface area contributed by atoms with Crippen molar-refractivity contribution in [3.05, 3.63) is 34.3 Å². The maximum absolute atomic E-state index is 15.5. The minimum atomic E-state index is -4.76. The van der Waals surface area contributed by atoms with Crippen LogP contribution in [-0.2, 0) is 74.9 Å². The third-order valence-corrected chi connectivity index (χ3v) is 22.8. The smallest absolute Gasteiger partial charge is 0.376 e. The van der Waals surface area contributed by atoms with E-state index in [1.807, 2.05) is 6.92 Å². The van der Waals surface area contributed by atoms with Gasteiger partial charge in [-0.15, -0.1) is 0 Å². The zero-order chi connectivity index (χ0) is 74.1. The van der Waals surface area contributed by atoms with Crippen LogP contribution in [0.5, 0.6) is 0 Å². The van der Waals surface area contributed by atoms with E-state index in [2.05, 4.69) is 16.0 Å². The fourth-order valence-corrected chi connectivity index (χ4v) is 15.8. The average molecular weight is 1440 g/mol. The second-order valence-corrected chi connectivity index (χ2v) is 30.3. The molecule has 562 valence electrons. The number of halogens is 4. The van der Waals surface area contributed by atoms with Crippen LogP contribution in [-0.4, -0.2) is 263 Å². The Kier molecular flexibility index (Phi) is 27.2. The molecule has 12 amide bonds. The van der Waals surface area contributed by atoms with Gasteiger partial charge < -0.3 is 64.8 Å². The van der Waals surface area contributed by atoms with Crippen LogP contribution in [0.25, 0.3) is 0 Å². The van der Waals surface area contributed by atoms with Crippen molar-refractivity contribution >= 4 is 82.5 Å². The summed E-state index contributed by atoms with van der Waals surface area (Å²) in [5.74, 6) is -8.98. The Morgan fingerprint density at radius 1 is 0.653 bits per heavy atom. The van der Waals surface area contributed by atoms with Crippen molar-refractivity contribution in [1.82, 2.24) is 60.0 Å². The Balaban J connectivity index is 1.17. The van der Waals surface area contributed by atoms with Crippen LogP contribution in [0.1, 0.15) is 181 Å². The van der Waals surface area contributed by atoms with Crippen LogP contribution < -0.4 is 16.0 Å². The highest BCUT2D eigenvalue weighted by atomic mass is 35.5. The maximum Gasteiger partial charge on any atom is 0.417 e. The minimum absolute atomic E-state index is 0.0186. The number of rotatable bonds is 12. The summed E-state index contributed by atoms with van der Waals surface area (Å²) < 4.78 is 47.8. The van der Waals surface area contributed by atoms with Crippen molar-refractivity contribution in [2.45, 2.75) is 248 Å². The molecule has 101 heavy (non-hydrogen) atoms. The largest absolute Gasteiger partial charge is 0.417 e. The van der Waals surface area contributed by atoms with E-state index in [9.17, 15) is 46.7 Å². The first-order valence-electron chi connectivity index (χ1n) is 36.6. The van der Waals surface area contributed by atoms with E-state index < -0.39 is 172 Å². The fraction of sp³-hybridized carbons (Fsp3) is 0.750. The number of amides is 12. The Bertz CT molecular complexity index is 3210. The van der Waals surface area contributed by atoms with Gasteiger partial charge in [-0.25, -0.2) is 0 Å². The van der Waals surface area contributed by atoms with Crippen molar-refractivity contribution in [3.63, 3.8) is 0 Å². The van der Waals surface area contributed by atoms with Gasteiger partial charge in [-0.2, -0.15) is 13.2 Å². The predicted octanol–water partition coefficient (Wildman–Crippen LogP) is 5.16. The number of benzene rings is 1. The molecule has 3 aliphatic carbocycles. The number of carbonyl (C=O) groups is 12. The molecule has 4 saturated heterocycles. The van der Waals surface area contributed by atoms with E-state index in [1.165, 1.54) is 84.7 Å². The molecule has 4 aliphatic heterocycles. The lowest BCUT2D eigenvalue weighted by atomic mass is 9.84. The lowest BCUT2D eigenvalue weighted by molar-refractivity contribution is -0.160. The molecule has 1 spiro atoms. The molecular weight excluding hydrogens is 1330 g/mol. The van der Waals surface area contributed by atoms with Crippen LogP contribution in [0.2, 0.25) is 5.02 Å². The lowest BCUT2D eigenvalue weighted by Gasteiger charge is -2.45. The number of carbonyl (C=O) groups excluding carboxylic acids is 12. The molecule has 29 heteroatoms. The summed E-state index contributed by atoms with van der Waals surface area (Å²) in [6, 6.07) is -8.13.